The van der Waals surface area contributed by atoms with Gasteiger partial charge in [-0.1, -0.05) is 36.2 Å². The lowest BCUT2D eigenvalue weighted by atomic mass is 9.68. The van der Waals surface area contributed by atoms with Crippen LogP contribution in [-0.2, 0) is 20.9 Å². The van der Waals surface area contributed by atoms with Crippen molar-refractivity contribution in [3.8, 4) is 0 Å². The number of methoxy groups -OCH3 is 1. The summed E-state index contributed by atoms with van der Waals surface area (Å²) in [6.07, 6.45) is 2.06. The van der Waals surface area contributed by atoms with Crippen molar-refractivity contribution >= 4 is 11.9 Å². The summed E-state index contributed by atoms with van der Waals surface area (Å²) >= 11 is 0. The number of rotatable bonds is 4. The molecule has 1 aromatic rings. The number of nitrogens with one attached hydrogen (secondary N) is 1. The Hall–Kier alpha value is -1.84. The van der Waals surface area contributed by atoms with E-state index in [9.17, 15) is 9.59 Å². The fourth-order valence-electron chi connectivity index (χ4n) is 2.31. The van der Waals surface area contributed by atoms with E-state index < -0.39 is 11.4 Å². The van der Waals surface area contributed by atoms with Gasteiger partial charge in [-0.2, -0.15) is 0 Å². The number of esters is 1. The van der Waals surface area contributed by atoms with Crippen LogP contribution in [0.1, 0.15) is 30.4 Å². The monoisotopic (exact) mass is 261 g/mol. The maximum atomic E-state index is 12.2. The molecule has 1 N–H and O–H groups in total. The minimum atomic E-state index is -0.945. The van der Waals surface area contributed by atoms with Crippen LogP contribution in [0.5, 0.6) is 0 Å². The number of benzene rings is 1. The molecule has 1 saturated carbocycles. The molecule has 19 heavy (non-hydrogen) atoms. The number of amides is 1. The third-order valence-electron chi connectivity index (χ3n) is 3.79. The lowest BCUT2D eigenvalue weighted by molar-refractivity contribution is -0.165. The maximum absolute atomic E-state index is 12.2. The van der Waals surface area contributed by atoms with Crippen LogP contribution in [-0.4, -0.2) is 19.0 Å². The molecule has 0 aliphatic heterocycles. The van der Waals surface area contributed by atoms with Gasteiger partial charge in [-0.25, -0.2) is 0 Å². The Morgan fingerprint density at radius 3 is 2.37 bits per heavy atom. The average Bonchev–Trinajstić information content (AvgIpc) is 2.36. The molecule has 0 heterocycles. The molecule has 1 aliphatic carbocycles. The third kappa shape index (κ3) is 2.62. The van der Waals surface area contributed by atoms with Crippen LogP contribution in [0.3, 0.4) is 0 Å². The Labute approximate surface area is 113 Å². The molecule has 4 nitrogen and oxygen atoms in total. The van der Waals surface area contributed by atoms with Gasteiger partial charge in [0.05, 0.1) is 7.11 Å². The van der Waals surface area contributed by atoms with Gasteiger partial charge in [0.2, 0.25) is 5.91 Å². The van der Waals surface area contributed by atoms with Gasteiger partial charge in [0.1, 0.15) is 5.41 Å². The molecule has 1 aliphatic rings. The van der Waals surface area contributed by atoms with E-state index in [4.69, 9.17) is 4.74 Å². The SMILES string of the molecule is COC(=O)C1(C(=O)NCc2ccc(C)cc2)CCC1. The Morgan fingerprint density at radius 1 is 1.26 bits per heavy atom. The highest BCUT2D eigenvalue weighted by Gasteiger charge is 2.51. The summed E-state index contributed by atoms with van der Waals surface area (Å²) in [6, 6.07) is 7.95. The zero-order valence-corrected chi connectivity index (χ0v) is 11.4. The Kier molecular flexibility index (Phi) is 3.88. The first-order chi connectivity index (χ1) is 9.08. The van der Waals surface area contributed by atoms with Gasteiger partial charge in [-0.05, 0) is 25.3 Å². The Balaban J connectivity index is 1.97. The average molecular weight is 261 g/mol. The van der Waals surface area contributed by atoms with Crippen molar-refractivity contribution in [2.24, 2.45) is 5.41 Å². The van der Waals surface area contributed by atoms with Gasteiger partial charge in [-0.3, -0.25) is 9.59 Å². The minimum absolute atomic E-state index is 0.217. The molecule has 1 fully saturated rings. The van der Waals surface area contributed by atoms with Crippen molar-refractivity contribution in [2.75, 3.05) is 7.11 Å². The summed E-state index contributed by atoms with van der Waals surface area (Å²) in [7, 11) is 1.33. The van der Waals surface area contributed by atoms with Crippen LogP contribution in [0.15, 0.2) is 24.3 Å². The van der Waals surface area contributed by atoms with Crippen LogP contribution in [0.25, 0.3) is 0 Å². The molecular weight excluding hydrogens is 242 g/mol. The van der Waals surface area contributed by atoms with Crippen molar-refractivity contribution in [3.05, 3.63) is 35.4 Å². The van der Waals surface area contributed by atoms with Gasteiger partial charge in [-0.15, -0.1) is 0 Å². The molecule has 0 aromatic heterocycles. The highest BCUT2D eigenvalue weighted by atomic mass is 16.5. The molecule has 4 heteroatoms. The number of carbonyl (C=O) groups is 2. The molecule has 0 bridgehead atoms. The minimum Gasteiger partial charge on any atom is -0.468 e. The highest BCUT2D eigenvalue weighted by molar-refractivity contribution is 6.03. The normalized spacial score (nSPS) is 16.3. The fourth-order valence-corrected chi connectivity index (χ4v) is 2.31. The van der Waals surface area contributed by atoms with Gasteiger partial charge in [0, 0.05) is 6.54 Å². The van der Waals surface area contributed by atoms with E-state index in [-0.39, 0.29) is 5.91 Å². The van der Waals surface area contributed by atoms with Gasteiger partial charge in [0.15, 0.2) is 0 Å². The molecule has 1 aromatic carbocycles. The summed E-state index contributed by atoms with van der Waals surface area (Å²) in [5.74, 6) is -0.633. The molecular formula is C15H19NO3. The van der Waals surface area contributed by atoms with Crippen molar-refractivity contribution in [1.29, 1.82) is 0 Å². The number of aryl methyl sites for hydroxylation is 1. The molecule has 0 spiro atoms. The standard InChI is InChI=1S/C15H19NO3/c1-11-4-6-12(7-5-11)10-16-13(17)15(8-3-9-15)14(18)19-2/h4-7H,3,8-10H2,1-2H3,(H,16,17). The lowest BCUT2D eigenvalue weighted by Gasteiger charge is -2.37. The predicted molar refractivity (Wildman–Crippen MR) is 71.3 cm³/mol. The molecule has 102 valence electrons. The van der Waals surface area contributed by atoms with Crippen molar-refractivity contribution in [3.63, 3.8) is 0 Å². The summed E-state index contributed by atoms with van der Waals surface area (Å²) < 4.78 is 4.75. The van der Waals surface area contributed by atoms with Crippen LogP contribution in [0, 0.1) is 12.3 Å². The van der Waals surface area contributed by atoms with Crippen molar-refractivity contribution < 1.29 is 14.3 Å². The van der Waals surface area contributed by atoms with E-state index in [1.807, 2.05) is 31.2 Å². The van der Waals surface area contributed by atoms with Crippen LogP contribution in [0.4, 0.5) is 0 Å². The molecule has 0 saturated heterocycles. The largest absolute Gasteiger partial charge is 0.468 e. The molecule has 0 atom stereocenters. The summed E-state index contributed by atoms with van der Waals surface area (Å²) in [6.45, 7) is 2.46. The van der Waals surface area contributed by atoms with E-state index in [1.54, 1.807) is 0 Å². The molecule has 2 rings (SSSR count). The van der Waals surface area contributed by atoms with Gasteiger partial charge >= 0.3 is 5.97 Å². The molecule has 1 amide bonds. The van der Waals surface area contributed by atoms with Crippen molar-refractivity contribution in [2.45, 2.75) is 32.7 Å². The number of hydrogen-bond donors (Lipinski definition) is 1. The van der Waals surface area contributed by atoms with E-state index in [2.05, 4.69) is 5.32 Å². The maximum Gasteiger partial charge on any atom is 0.321 e. The smallest absolute Gasteiger partial charge is 0.321 e. The zero-order valence-electron chi connectivity index (χ0n) is 11.4. The van der Waals surface area contributed by atoms with Crippen LogP contribution >= 0.6 is 0 Å². The predicted octanol–water partition coefficient (Wildman–Crippen LogP) is 1.95. The van der Waals surface area contributed by atoms with E-state index in [0.717, 1.165) is 12.0 Å². The summed E-state index contributed by atoms with van der Waals surface area (Å²) in [5, 5.41) is 2.84. The van der Waals surface area contributed by atoms with Gasteiger partial charge < -0.3 is 10.1 Å². The van der Waals surface area contributed by atoms with Crippen LogP contribution < -0.4 is 5.32 Å². The third-order valence-corrected chi connectivity index (χ3v) is 3.79. The van der Waals surface area contributed by atoms with Crippen molar-refractivity contribution in [1.82, 2.24) is 5.32 Å². The topological polar surface area (TPSA) is 55.4 Å². The first kappa shape index (κ1) is 13.6. The second kappa shape index (κ2) is 5.43. The Bertz CT molecular complexity index is 475. The number of carbonyl (C=O) groups excluding carboxylic acids is 2. The number of ether oxygens (including phenoxy) is 1. The summed E-state index contributed by atoms with van der Waals surface area (Å²) in [4.78, 5) is 23.9. The zero-order chi connectivity index (χ0) is 13.9. The van der Waals surface area contributed by atoms with Gasteiger partial charge in [0.25, 0.3) is 0 Å². The molecule has 0 unspecified atom stereocenters. The number of hydrogen-bond acceptors (Lipinski definition) is 3. The first-order valence-corrected chi connectivity index (χ1v) is 6.51. The quantitative estimate of drug-likeness (QED) is 0.666. The van der Waals surface area contributed by atoms with Crippen LogP contribution in [0.2, 0.25) is 0 Å². The summed E-state index contributed by atoms with van der Waals surface area (Å²) in [5.41, 5.74) is 1.26. The highest BCUT2D eigenvalue weighted by Crippen LogP contribution is 2.42. The molecule has 0 radical (unpaired) electrons. The second-order valence-electron chi connectivity index (χ2n) is 5.10. The van der Waals surface area contributed by atoms with E-state index in [0.29, 0.717) is 19.4 Å². The lowest BCUT2D eigenvalue weighted by Crippen LogP contribution is -2.51. The Morgan fingerprint density at radius 2 is 1.89 bits per heavy atom. The fraction of sp³-hybridized carbons (Fsp3) is 0.467. The van der Waals surface area contributed by atoms with E-state index >= 15 is 0 Å². The van der Waals surface area contributed by atoms with E-state index in [1.165, 1.54) is 12.7 Å². The second-order valence-corrected chi connectivity index (χ2v) is 5.10. The first-order valence-electron chi connectivity index (χ1n) is 6.51.